The number of aromatic nitrogens is 2. The fourth-order valence-electron chi connectivity index (χ4n) is 4.59. The van der Waals surface area contributed by atoms with Crippen LogP contribution in [-0.2, 0) is 33.4 Å². The summed E-state index contributed by atoms with van der Waals surface area (Å²) in [7, 11) is -4.00. The molecule has 198 valence electrons. The maximum atomic E-state index is 14.3. The number of rotatable bonds is 10. The first-order chi connectivity index (χ1) is 18.4. The Hall–Kier alpha value is -3.34. The van der Waals surface area contributed by atoms with Crippen molar-refractivity contribution in [3.63, 3.8) is 0 Å². The summed E-state index contributed by atoms with van der Waals surface area (Å²) in [5, 5.41) is 1.70. The molecule has 0 spiro atoms. The second-order valence-corrected chi connectivity index (χ2v) is 12.1. The zero-order valence-electron chi connectivity index (χ0n) is 20.7. The van der Waals surface area contributed by atoms with E-state index < -0.39 is 21.4 Å². The molecule has 1 atom stereocenters. The number of carbonyl (C=O) groups excluding carboxylic acids is 1. The number of amides is 1. The van der Waals surface area contributed by atoms with Crippen LogP contribution in [0.4, 0.5) is 4.39 Å². The monoisotopic (exact) mass is 553 g/mol. The van der Waals surface area contributed by atoms with E-state index in [0.29, 0.717) is 23.7 Å². The predicted molar refractivity (Wildman–Crippen MR) is 143 cm³/mol. The van der Waals surface area contributed by atoms with Gasteiger partial charge in [-0.1, -0.05) is 54.6 Å². The Morgan fingerprint density at radius 1 is 1.11 bits per heavy atom. The quantitative estimate of drug-likeness (QED) is 0.278. The first kappa shape index (κ1) is 26.3. The molecule has 0 radical (unpaired) electrons. The Kier molecular flexibility index (Phi) is 8.01. The SMILES string of the molecule is O=C(c1cccs1)N(Cc1cnc(S(=O)(=O)Cc2ccccc2F)n1Cc1ccccc1)C[C@@H]1CCCO1. The van der Waals surface area contributed by atoms with Crippen molar-refractivity contribution in [3.8, 4) is 0 Å². The Balaban J connectivity index is 1.51. The van der Waals surface area contributed by atoms with E-state index in [4.69, 9.17) is 4.74 Å². The van der Waals surface area contributed by atoms with Crippen LogP contribution in [-0.4, -0.2) is 48.0 Å². The molecule has 4 aromatic rings. The standard InChI is InChI=1S/C28H28FN3O4S2/c29-25-12-5-4-10-22(25)20-38(34,35)28-30-16-23(32(28)17-21-8-2-1-3-9-21)18-31(19-24-11-6-14-36-24)27(33)26-13-7-15-37-26/h1-5,7-10,12-13,15-16,24H,6,11,14,17-20H2/t24-/m0/s1. The van der Waals surface area contributed by atoms with E-state index in [0.717, 1.165) is 18.4 Å². The van der Waals surface area contributed by atoms with Gasteiger partial charge in [-0.2, -0.15) is 0 Å². The lowest BCUT2D eigenvalue weighted by Crippen LogP contribution is -2.37. The Morgan fingerprint density at radius 2 is 1.89 bits per heavy atom. The number of hydrogen-bond acceptors (Lipinski definition) is 6. The summed E-state index contributed by atoms with van der Waals surface area (Å²) >= 11 is 1.36. The minimum absolute atomic E-state index is 0.0753. The lowest BCUT2D eigenvalue weighted by Gasteiger charge is -2.26. The largest absolute Gasteiger partial charge is 0.376 e. The van der Waals surface area contributed by atoms with Crippen molar-refractivity contribution in [2.75, 3.05) is 13.2 Å². The van der Waals surface area contributed by atoms with Crippen LogP contribution in [0.15, 0.2) is 83.5 Å². The fraction of sp³-hybridized carbons (Fsp3) is 0.286. The van der Waals surface area contributed by atoms with Gasteiger partial charge in [0.05, 0.1) is 41.7 Å². The second kappa shape index (κ2) is 11.6. The lowest BCUT2D eigenvalue weighted by molar-refractivity contribution is 0.0505. The van der Waals surface area contributed by atoms with Crippen molar-refractivity contribution in [1.82, 2.24) is 14.5 Å². The zero-order valence-corrected chi connectivity index (χ0v) is 22.3. The molecule has 0 unspecified atom stereocenters. The van der Waals surface area contributed by atoms with Gasteiger partial charge >= 0.3 is 0 Å². The Labute approximate surface area is 225 Å². The van der Waals surface area contributed by atoms with Gasteiger partial charge in [0.25, 0.3) is 5.91 Å². The molecule has 1 aliphatic rings. The molecule has 38 heavy (non-hydrogen) atoms. The molecule has 10 heteroatoms. The van der Waals surface area contributed by atoms with Crippen LogP contribution in [0.5, 0.6) is 0 Å². The lowest BCUT2D eigenvalue weighted by atomic mass is 10.2. The number of thiophene rings is 1. The number of ether oxygens (including phenoxy) is 1. The average molecular weight is 554 g/mol. The molecule has 2 aromatic heterocycles. The van der Waals surface area contributed by atoms with Crippen LogP contribution in [0.3, 0.4) is 0 Å². The third-order valence-corrected chi connectivity index (χ3v) is 8.92. The number of benzene rings is 2. The van der Waals surface area contributed by atoms with Crippen LogP contribution in [0.25, 0.3) is 0 Å². The summed E-state index contributed by atoms with van der Waals surface area (Å²) in [5.41, 5.74) is 1.53. The molecule has 1 aliphatic heterocycles. The van der Waals surface area contributed by atoms with Crippen molar-refractivity contribution in [2.24, 2.45) is 0 Å². The van der Waals surface area contributed by atoms with Crippen molar-refractivity contribution in [1.29, 1.82) is 0 Å². The number of halogens is 1. The van der Waals surface area contributed by atoms with Crippen LogP contribution in [0.2, 0.25) is 0 Å². The van der Waals surface area contributed by atoms with Gasteiger partial charge in [-0.3, -0.25) is 4.79 Å². The van der Waals surface area contributed by atoms with Crippen molar-refractivity contribution in [2.45, 2.75) is 42.9 Å². The third kappa shape index (κ3) is 6.03. The van der Waals surface area contributed by atoms with Crippen molar-refractivity contribution >= 4 is 27.1 Å². The molecule has 0 N–H and O–H groups in total. The van der Waals surface area contributed by atoms with Gasteiger partial charge in [-0.15, -0.1) is 11.3 Å². The normalized spacial score (nSPS) is 15.6. The zero-order chi connectivity index (χ0) is 26.5. The van der Waals surface area contributed by atoms with Crippen LogP contribution in [0, 0.1) is 5.82 Å². The van der Waals surface area contributed by atoms with Crippen LogP contribution < -0.4 is 0 Å². The van der Waals surface area contributed by atoms with Gasteiger partial charge in [-0.05, 0) is 35.9 Å². The van der Waals surface area contributed by atoms with Gasteiger partial charge in [0.1, 0.15) is 5.82 Å². The maximum absolute atomic E-state index is 14.3. The van der Waals surface area contributed by atoms with Gasteiger partial charge in [0.15, 0.2) is 0 Å². The number of imidazole rings is 1. The number of hydrogen-bond donors (Lipinski definition) is 0. The van der Waals surface area contributed by atoms with E-state index in [-0.39, 0.29) is 35.8 Å². The van der Waals surface area contributed by atoms with E-state index >= 15 is 0 Å². The molecule has 1 fully saturated rings. The first-order valence-corrected chi connectivity index (χ1v) is 14.9. The fourth-order valence-corrected chi connectivity index (χ4v) is 6.79. The molecule has 5 rings (SSSR count). The molecule has 0 aliphatic carbocycles. The van der Waals surface area contributed by atoms with Gasteiger partial charge in [0.2, 0.25) is 15.0 Å². The maximum Gasteiger partial charge on any atom is 0.264 e. The summed E-state index contributed by atoms with van der Waals surface area (Å²) in [6, 6.07) is 18.9. The molecule has 2 aromatic carbocycles. The summed E-state index contributed by atoms with van der Waals surface area (Å²) < 4.78 is 48.8. The molecule has 1 saturated heterocycles. The van der Waals surface area contributed by atoms with Gasteiger partial charge in [-0.25, -0.2) is 17.8 Å². The topological polar surface area (TPSA) is 81.5 Å². The van der Waals surface area contributed by atoms with Gasteiger partial charge in [0, 0.05) is 18.7 Å². The second-order valence-electron chi connectivity index (χ2n) is 9.25. The highest BCUT2D eigenvalue weighted by Crippen LogP contribution is 2.24. The molecular formula is C28H28FN3O4S2. The van der Waals surface area contributed by atoms with E-state index in [9.17, 15) is 17.6 Å². The first-order valence-electron chi connectivity index (χ1n) is 12.4. The molecule has 1 amide bonds. The van der Waals surface area contributed by atoms with E-state index in [1.54, 1.807) is 21.6 Å². The van der Waals surface area contributed by atoms with Crippen molar-refractivity contribution < 1.29 is 22.3 Å². The van der Waals surface area contributed by atoms with E-state index in [2.05, 4.69) is 4.98 Å². The summed E-state index contributed by atoms with van der Waals surface area (Å²) in [4.78, 5) is 20.0. The number of carbonyl (C=O) groups is 1. The van der Waals surface area contributed by atoms with E-state index in [1.807, 2.05) is 41.8 Å². The smallest absolute Gasteiger partial charge is 0.264 e. The van der Waals surface area contributed by atoms with Crippen molar-refractivity contribution in [3.05, 3.63) is 106 Å². The van der Waals surface area contributed by atoms with Gasteiger partial charge < -0.3 is 14.2 Å². The molecule has 0 saturated carbocycles. The number of nitrogens with zero attached hydrogens (tertiary/aromatic N) is 3. The molecule has 7 nitrogen and oxygen atoms in total. The molecular weight excluding hydrogens is 525 g/mol. The average Bonchev–Trinajstić information content (AvgIpc) is 3.69. The van der Waals surface area contributed by atoms with Crippen LogP contribution in [0.1, 0.15) is 39.3 Å². The number of sulfone groups is 1. The highest BCUT2D eigenvalue weighted by Gasteiger charge is 2.29. The molecule has 0 bridgehead atoms. The molecule has 3 heterocycles. The summed E-state index contributed by atoms with van der Waals surface area (Å²) in [5.74, 6) is -1.24. The highest BCUT2D eigenvalue weighted by molar-refractivity contribution is 7.90. The highest BCUT2D eigenvalue weighted by atomic mass is 32.2. The minimum Gasteiger partial charge on any atom is -0.376 e. The summed E-state index contributed by atoms with van der Waals surface area (Å²) in [6.07, 6.45) is 3.23. The van der Waals surface area contributed by atoms with Crippen LogP contribution >= 0.6 is 11.3 Å². The summed E-state index contributed by atoms with van der Waals surface area (Å²) in [6.45, 7) is 1.45. The minimum atomic E-state index is -4.00. The predicted octanol–water partition coefficient (Wildman–Crippen LogP) is 4.93. The Morgan fingerprint density at radius 3 is 2.61 bits per heavy atom. The Bertz CT molecular complexity index is 1480. The third-order valence-electron chi connectivity index (χ3n) is 6.49. The van der Waals surface area contributed by atoms with E-state index in [1.165, 1.54) is 35.7 Å².